The van der Waals surface area contributed by atoms with Gasteiger partial charge < -0.3 is 30.9 Å². The van der Waals surface area contributed by atoms with Gasteiger partial charge in [-0.25, -0.2) is 4.79 Å². The number of anilines is 3. The summed E-state index contributed by atoms with van der Waals surface area (Å²) in [7, 11) is 3.86. The highest BCUT2D eigenvalue weighted by atomic mass is 19.4. The molecule has 238 valence electrons. The second-order valence-corrected chi connectivity index (χ2v) is 10.2. The Hall–Kier alpha value is -3.89. The Balaban J connectivity index is 0.000000646. The number of nitrogens with one attached hydrogen (secondary N) is 3. The number of piperazine rings is 1. The lowest BCUT2D eigenvalue weighted by Crippen LogP contribution is -2.45. The molecule has 0 atom stereocenters. The Morgan fingerprint density at radius 2 is 1.51 bits per heavy atom. The molecule has 2 fully saturated rings. The lowest BCUT2D eigenvalue weighted by atomic mass is 9.85. The third kappa shape index (κ3) is 10.1. The van der Waals surface area contributed by atoms with Crippen molar-refractivity contribution in [3.63, 3.8) is 0 Å². The van der Waals surface area contributed by atoms with Crippen molar-refractivity contribution in [2.75, 3.05) is 55.8 Å². The summed E-state index contributed by atoms with van der Waals surface area (Å²) >= 11 is 0. The van der Waals surface area contributed by atoms with Crippen LogP contribution >= 0.6 is 0 Å². The number of aromatic nitrogens is 3. The standard InChI is InChI=1S/C24H33F3N8O.C2HF3O2/c1-28-21-31-22(33-23(32-21)35-13-11-34(2)12-14-35)30-18-9-7-16(8-10-18)20(36)29-15-17-5-3-4-6-19(17)24(25,26)27;3-2(4,5)1(6)7/h3-6,16,18H,7-15H2,1-2H3,(H,29,36)(H2,28,30,31,32,33);(H,6,7). The lowest BCUT2D eigenvalue weighted by molar-refractivity contribution is -0.192. The summed E-state index contributed by atoms with van der Waals surface area (Å²) in [5.41, 5.74) is -0.646. The van der Waals surface area contributed by atoms with E-state index in [-0.39, 0.29) is 30.0 Å². The van der Waals surface area contributed by atoms with E-state index in [1.165, 1.54) is 12.1 Å². The first-order valence-corrected chi connectivity index (χ1v) is 13.5. The van der Waals surface area contributed by atoms with Gasteiger partial charge in [-0.1, -0.05) is 18.2 Å². The SMILES string of the molecule is CNc1nc(NC2CCC(C(=O)NCc3ccccc3C(F)(F)F)CC2)nc(N2CCN(C)CC2)n1.O=C(O)C(F)(F)F. The monoisotopic (exact) mass is 620 g/mol. The molecule has 1 aliphatic carbocycles. The van der Waals surface area contributed by atoms with E-state index in [4.69, 9.17) is 9.90 Å². The first kappa shape index (κ1) is 33.6. The molecule has 4 rings (SSSR count). The summed E-state index contributed by atoms with van der Waals surface area (Å²) in [6.07, 6.45) is -6.78. The van der Waals surface area contributed by atoms with Gasteiger partial charge in [-0.3, -0.25) is 4.79 Å². The molecule has 1 saturated heterocycles. The largest absolute Gasteiger partial charge is 0.490 e. The number of likely N-dealkylation sites (N-methyl/N-ethyl adjacent to an activating group) is 1. The van der Waals surface area contributed by atoms with Crippen molar-refractivity contribution in [1.29, 1.82) is 0 Å². The van der Waals surface area contributed by atoms with Gasteiger partial charge in [-0.15, -0.1) is 0 Å². The number of rotatable bonds is 7. The Morgan fingerprint density at radius 1 is 0.930 bits per heavy atom. The minimum Gasteiger partial charge on any atom is -0.475 e. The van der Waals surface area contributed by atoms with E-state index < -0.39 is 23.9 Å². The highest BCUT2D eigenvalue weighted by Gasteiger charge is 2.38. The maximum absolute atomic E-state index is 13.2. The number of aliphatic carboxylic acids is 1. The number of hydrogen-bond donors (Lipinski definition) is 4. The number of carbonyl (C=O) groups is 2. The van der Waals surface area contributed by atoms with Crippen LogP contribution in [0.1, 0.15) is 36.8 Å². The Morgan fingerprint density at radius 3 is 2.07 bits per heavy atom. The van der Waals surface area contributed by atoms with Crippen LogP contribution in [0.15, 0.2) is 24.3 Å². The molecule has 0 bridgehead atoms. The van der Waals surface area contributed by atoms with Gasteiger partial charge in [0, 0.05) is 51.7 Å². The maximum atomic E-state index is 13.2. The van der Waals surface area contributed by atoms with Gasteiger partial charge in [0.15, 0.2) is 0 Å². The molecule has 1 saturated carbocycles. The molecule has 0 radical (unpaired) electrons. The van der Waals surface area contributed by atoms with Crippen LogP contribution in [-0.4, -0.2) is 89.3 Å². The maximum Gasteiger partial charge on any atom is 0.490 e. The zero-order valence-electron chi connectivity index (χ0n) is 23.6. The number of alkyl halides is 6. The number of carboxylic acids is 1. The molecule has 0 spiro atoms. The zero-order valence-corrected chi connectivity index (χ0v) is 23.6. The summed E-state index contributed by atoms with van der Waals surface area (Å²) in [5, 5.41) is 16.2. The van der Waals surface area contributed by atoms with Gasteiger partial charge in [0.1, 0.15) is 0 Å². The van der Waals surface area contributed by atoms with Crippen LogP contribution in [0.25, 0.3) is 0 Å². The molecular formula is C26H34F6N8O3. The average molecular weight is 621 g/mol. The van der Waals surface area contributed by atoms with Crippen molar-refractivity contribution >= 4 is 29.7 Å². The van der Waals surface area contributed by atoms with Crippen molar-refractivity contribution in [3.05, 3.63) is 35.4 Å². The van der Waals surface area contributed by atoms with Crippen LogP contribution in [0.4, 0.5) is 44.2 Å². The van der Waals surface area contributed by atoms with E-state index in [9.17, 15) is 31.1 Å². The molecule has 1 aliphatic heterocycles. The predicted molar refractivity (Wildman–Crippen MR) is 145 cm³/mol. The third-order valence-corrected chi connectivity index (χ3v) is 7.08. The van der Waals surface area contributed by atoms with Crippen LogP contribution in [0.2, 0.25) is 0 Å². The fourth-order valence-corrected chi connectivity index (χ4v) is 4.65. The van der Waals surface area contributed by atoms with Crippen LogP contribution in [0.5, 0.6) is 0 Å². The van der Waals surface area contributed by atoms with Crippen molar-refractivity contribution < 1.29 is 41.0 Å². The second-order valence-electron chi connectivity index (χ2n) is 10.2. The number of halogens is 6. The predicted octanol–water partition coefficient (Wildman–Crippen LogP) is 3.60. The minimum atomic E-state index is -5.08. The first-order chi connectivity index (χ1) is 20.2. The zero-order chi connectivity index (χ0) is 31.8. The fourth-order valence-electron chi connectivity index (χ4n) is 4.65. The van der Waals surface area contributed by atoms with Crippen LogP contribution in [-0.2, 0) is 22.3 Å². The van der Waals surface area contributed by atoms with Gasteiger partial charge in [0.05, 0.1) is 5.56 Å². The van der Waals surface area contributed by atoms with E-state index in [2.05, 4.69) is 47.7 Å². The van der Waals surface area contributed by atoms with Crippen molar-refractivity contribution in [2.45, 2.75) is 50.6 Å². The summed E-state index contributed by atoms with van der Waals surface area (Å²) in [6, 6.07) is 5.43. The van der Waals surface area contributed by atoms with Gasteiger partial charge in [0.2, 0.25) is 23.8 Å². The number of amides is 1. The quantitative estimate of drug-likeness (QED) is 0.340. The summed E-state index contributed by atoms with van der Waals surface area (Å²) in [4.78, 5) is 39.6. The number of nitrogens with zero attached hydrogens (tertiary/aromatic N) is 5. The molecule has 2 aliphatic rings. The van der Waals surface area contributed by atoms with Crippen molar-refractivity contribution in [1.82, 2.24) is 25.2 Å². The van der Waals surface area contributed by atoms with E-state index in [1.54, 1.807) is 13.1 Å². The highest BCUT2D eigenvalue weighted by molar-refractivity contribution is 5.78. The van der Waals surface area contributed by atoms with E-state index >= 15 is 0 Å². The molecule has 43 heavy (non-hydrogen) atoms. The Bertz CT molecular complexity index is 1230. The van der Waals surface area contributed by atoms with Gasteiger partial charge in [0.25, 0.3) is 0 Å². The van der Waals surface area contributed by atoms with Crippen LogP contribution < -0.4 is 20.9 Å². The lowest BCUT2D eigenvalue weighted by Gasteiger charge is -2.33. The molecule has 17 heteroatoms. The van der Waals surface area contributed by atoms with E-state index in [0.29, 0.717) is 30.7 Å². The third-order valence-electron chi connectivity index (χ3n) is 7.08. The first-order valence-electron chi connectivity index (χ1n) is 13.5. The second kappa shape index (κ2) is 14.5. The molecule has 0 unspecified atom stereocenters. The smallest absolute Gasteiger partial charge is 0.475 e. The number of carbonyl (C=O) groups excluding carboxylic acids is 1. The van der Waals surface area contributed by atoms with Gasteiger partial charge in [-0.05, 0) is 44.4 Å². The average Bonchev–Trinajstić information content (AvgIpc) is 2.96. The van der Waals surface area contributed by atoms with E-state index in [0.717, 1.165) is 45.1 Å². The number of benzene rings is 1. The molecule has 4 N–H and O–H groups in total. The fraction of sp³-hybridized carbons (Fsp3) is 0.577. The molecule has 1 amide bonds. The van der Waals surface area contributed by atoms with Crippen molar-refractivity contribution in [2.24, 2.45) is 5.92 Å². The van der Waals surface area contributed by atoms with Crippen LogP contribution in [0, 0.1) is 5.92 Å². The molecular weight excluding hydrogens is 586 g/mol. The molecule has 1 aromatic heterocycles. The molecule has 1 aromatic carbocycles. The molecule has 2 aromatic rings. The minimum absolute atomic E-state index is 0.0695. The number of carboxylic acid groups (broad SMARTS) is 1. The summed E-state index contributed by atoms with van der Waals surface area (Å²) < 4.78 is 71.3. The molecule has 2 heterocycles. The van der Waals surface area contributed by atoms with Crippen molar-refractivity contribution in [3.8, 4) is 0 Å². The van der Waals surface area contributed by atoms with Gasteiger partial charge >= 0.3 is 18.3 Å². The Kier molecular flexibility index (Phi) is 11.4. The summed E-state index contributed by atoms with van der Waals surface area (Å²) in [5.74, 6) is -1.56. The van der Waals surface area contributed by atoms with Crippen LogP contribution in [0.3, 0.4) is 0 Å². The highest BCUT2D eigenvalue weighted by Crippen LogP contribution is 2.32. The number of hydrogen-bond acceptors (Lipinski definition) is 9. The van der Waals surface area contributed by atoms with E-state index in [1.807, 2.05) is 0 Å². The van der Waals surface area contributed by atoms with Gasteiger partial charge in [-0.2, -0.15) is 41.3 Å². The Labute approximate surface area is 244 Å². The normalized spacial score (nSPS) is 19.6. The topological polar surface area (TPSA) is 136 Å². The molecule has 11 nitrogen and oxygen atoms in total. The summed E-state index contributed by atoms with van der Waals surface area (Å²) in [6.45, 7) is 3.43.